The molecule has 35 heavy (non-hydrogen) atoms. The van der Waals surface area contributed by atoms with Crippen LogP contribution in [0.5, 0.6) is 5.75 Å². The number of benzene rings is 3. The number of amides is 2. The van der Waals surface area contributed by atoms with Gasteiger partial charge in [-0.05, 0) is 73.2 Å². The van der Waals surface area contributed by atoms with Crippen molar-refractivity contribution in [1.82, 2.24) is 4.90 Å². The summed E-state index contributed by atoms with van der Waals surface area (Å²) in [5.74, 6) is -0.180. The van der Waals surface area contributed by atoms with Crippen LogP contribution in [0.3, 0.4) is 0 Å². The summed E-state index contributed by atoms with van der Waals surface area (Å²) in [4.78, 5) is 32.3. The molecule has 0 spiro atoms. The lowest BCUT2D eigenvalue weighted by molar-refractivity contribution is -0.129. The molecule has 0 saturated carbocycles. The highest BCUT2D eigenvalue weighted by Crippen LogP contribution is 2.31. The van der Waals surface area contributed by atoms with Crippen molar-refractivity contribution in [2.24, 2.45) is 4.99 Å². The number of thioether (sulfide) groups is 1. The summed E-state index contributed by atoms with van der Waals surface area (Å²) in [5, 5.41) is 3.16. The summed E-state index contributed by atoms with van der Waals surface area (Å²) in [6, 6.07) is 19.9. The number of hydrogen-bond acceptors (Lipinski definition) is 5. The van der Waals surface area contributed by atoms with E-state index in [1.54, 1.807) is 60.7 Å². The Bertz CT molecular complexity index is 1220. The Labute approximate surface area is 212 Å². The first kappa shape index (κ1) is 24.8. The zero-order valence-corrected chi connectivity index (χ0v) is 20.5. The fourth-order valence-electron chi connectivity index (χ4n) is 3.42. The maximum absolute atomic E-state index is 13.3. The standard InChI is InChI=1S/C26H23ClFN3O3S/c1-2-34-22-13-11-20(12-14-22)29-25(33)23-15-24(32)31(16-17-3-7-19(28)8-4-17)26(35-23)30-21-9-5-18(27)6-10-21/h3-14,23H,2,15-16H2,1H3,(H,29,33). The zero-order chi connectivity index (χ0) is 24.8. The molecule has 3 aromatic carbocycles. The van der Waals surface area contributed by atoms with E-state index in [1.165, 1.54) is 28.8 Å². The molecule has 2 amide bonds. The second kappa shape index (κ2) is 11.4. The number of amidine groups is 1. The van der Waals surface area contributed by atoms with Gasteiger partial charge in [-0.15, -0.1) is 0 Å². The molecule has 4 rings (SSSR count). The van der Waals surface area contributed by atoms with E-state index >= 15 is 0 Å². The van der Waals surface area contributed by atoms with E-state index in [4.69, 9.17) is 16.3 Å². The fraction of sp³-hybridized carbons (Fsp3) is 0.192. The van der Waals surface area contributed by atoms with E-state index in [1.807, 2.05) is 6.92 Å². The number of carbonyl (C=O) groups is 2. The topological polar surface area (TPSA) is 71.0 Å². The molecule has 1 unspecified atom stereocenters. The van der Waals surface area contributed by atoms with E-state index in [9.17, 15) is 14.0 Å². The molecule has 3 aromatic rings. The summed E-state index contributed by atoms with van der Waals surface area (Å²) in [5.41, 5.74) is 1.96. The number of nitrogens with one attached hydrogen (secondary N) is 1. The molecule has 1 N–H and O–H groups in total. The second-order valence-corrected chi connectivity index (χ2v) is 9.34. The van der Waals surface area contributed by atoms with Gasteiger partial charge < -0.3 is 10.1 Å². The van der Waals surface area contributed by atoms with Gasteiger partial charge in [-0.3, -0.25) is 14.5 Å². The van der Waals surface area contributed by atoms with E-state index in [0.717, 1.165) is 5.56 Å². The number of anilines is 1. The van der Waals surface area contributed by atoms with Gasteiger partial charge in [0, 0.05) is 17.1 Å². The number of ether oxygens (including phenoxy) is 1. The number of aliphatic imine (C=N–C) groups is 1. The summed E-state index contributed by atoms with van der Waals surface area (Å²) < 4.78 is 18.8. The molecule has 1 heterocycles. The van der Waals surface area contributed by atoms with Gasteiger partial charge in [-0.1, -0.05) is 35.5 Å². The third-order valence-corrected chi connectivity index (χ3v) is 6.61. The average Bonchev–Trinajstić information content (AvgIpc) is 2.85. The zero-order valence-electron chi connectivity index (χ0n) is 18.9. The van der Waals surface area contributed by atoms with Gasteiger partial charge in [0.1, 0.15) is 16.8 Å². The number of carbonyl (C=O) groups excluding carboxylic acids is 2. The minimum absolute atomic E-state index is 0.00830. The fourth-order valence-corrected chi connectivity index (χ4v) is 4.64. The van der Waals surface area contributed by atoms with Crippen molar-refractivity contribution >= 4 is 51.7 Å². The molecular weight excluding hydrogens is 489 g/mol. The van der Waals surface area contributed by atoms with Crippen molar-refractivity contribution in [3.05, 3.63) is 89.2 Å². The molecular formula is C26H23ClFN3O3S. The molecule has 1 aliphatic heterocycles. The van der Waals surface area contributed by atoms with Crippen LogP contribution in [0.15, 0.2) is 77.8 Å². The van der Waals surface area contributed by atoms with Gasteiger partial charge in [-0.25, -0.2) is 9.38 Å². The quantitative estimate of drug-likeness (QED) is 0.420. The van der Waals surface area contributed by atoms with Crippen LogP contribution in [0.1, 0.15) is 18.9 Å². The third kappa shape index (κ3) is 6.61. The van der Waals surface area contributed by atoms with Crippen molar-refractivity contribution in [3.8, 4) is 5.75 Å². The Kier molecular flexibility index (Phi) is 8.05. The molecule has 0 aliphatic carbocycles. The van der Waals surface area contributed by atoms with Crippen LogP contribution in [0, 0.1) is 5.82 Å². The van der Waals surface area contributed by atoms with Gasteiger partial charge >= 0.3 is 0 Å². The molecule has 6 nitrogen and oxygen atoms in total. The van der Waals surface area contributed by atoms with Crippen molar-refractivity contribution in [2.45, 2.75) is 25.1 Å². The Morgan fingerprint density at radius 3 is 2.46 bits per heavy atom. The molecule has 9 heteroatoms. The SMILES string of the molecule is CCOc1ccc(NC(=O)C2CC(=O)N(Cc3ccc(F)cc3)C(=Nc3ccc(Cl)cc3)S2)cc1. The first-order valence-electron chi connectivity index (χ1n) is 11.0. The van der Waals surface area contributed by atoms with Crippen molar-refractivity contribution in [1.29, 1.82) is 0 Å². The monoisotopic (exact) mass is 511 g/mol. The molecule has 0 aromatic heterocycles. The van der Waals surface area contributed by atoms with Crippen LogP contribution in [0.4, 0.5) is 15.8 Å². The van der Waals surface area contributed by atoms with Crippen LogP contribution in [0.25, 0.3) is 0 Å². The maximum Gasteiger partial charge on any atom is 0.238 e. The lowest BCUT2D eigenvalue weighted by Crippen LogP contribution is -2.44. The van der Waals surface area contributed by atoms with Gasteiger partial charge in [0.15, 0.2) is 5.17 Å². The maximum atomic E-state index is 13.3. The van der Waals surface area contributed by atoms with Crippen LogP contribution >= 0.6 is 23.4 Å². The van der Waals surface area contributed by atoms with Gasteiger partial charge in [0.2, 0.25) is 11.8 Å². The normalized spacial score (nSPS) is 16.9. The summed E-state index contributed by atoms with van der Waals surface area (Å²) in [6.07, 6.45) is 0.00830. The number of halogens is 2. The van der Waals surface area contributed by atoms with E-state index in [0.29, 0.717) is 33.9 Å². The predicted molar refractivity (Wildman–Crippen MR) is 138 cm³/mol. The molecule has 0 radical (unpaired) electrons. The minimum atomic E-state index is -0.662. The predicted octanol–water partition coefficient (Wildman–Crippen LogP) is 6.04. The van der Waals surface area contributed by atoms with Crippen LogP contribution in [-0.2, 0) is 16.1 Å². The largest absolute Gasteiger partial charge is 0.494 e. The number of hydrogen-bond donors (Lipinski definition) is 1. The van der Waals surface area contributed by atoms with Gasteiger partial charge in [0.25, 0.3) is 0 Å². The van der Waals surface area contributed by atoms with Crippen LogP contribution < -0.4 is 10.1 Å². The summed E-state index contributed by atoms with van der Waals surface area (Å²) in [6.45, 7) is 2.66. The lowest BCUT2D eigenvalue weighted by atomic mass is 10.2. The molecule has 1 saturated heterocycles. The van der Waals surface area contributed by atoms with Crippen LogP contribution in [0.2, 0.25) is 5.02 Å². The Morgan fingerprint density at radius 2 is 1.80 bits per heavy atom. The average molecular weight is 512 g/mol. The highest BCUT2D eigenvalue weighted by atomic mass is 35.5. The Morgan fingerprint density at radius 1 is 1.11 bits per heavy atom. The molecule has 1 fully saturated rings. The molecule has 180 valence electrons. The molecule has 0 bridgehead atoms. The van der Waals surface area contributed by atoms with Crippen molar-refractivity contribution < 1.29 is 18.7 Å². The van der Waals surface area contributed by atoms with Gasteiger partial charge in [0.05, 0.1) is 18.8 Å². The van der Waals surface area contributed by atoms with Gasteiger partial charge in [-0.2, -0.15) is 0 Å². The second-order valence-electron chi connectivity index (χ2n) is 7.73. The lowest BCUT2D eigenvalue weighted by Gasteiger charge is -2.32. The first-order chi connectivity index (χ1) is 16.9. The minimum Gasteiger partial charge on any atom is -0.494 e. The Balaban J connectivity index is 1.55. The van der Waals surface area contributed by atoms with E-state index < -0.39 is 5.25 Å². The van der Waals surface area contributed by atoms with Crippen molar-refractivity contribution in [2.75, 3.05) is 11.9 Å². The highest BCUT2D eigenvalue weighted by molar-refractivity contribution is 8.15. The third-order valence-electron chi connectivity index (χ3n) is 5.17. The Hall–Kier alpha value is -3.36. The number of nitrogens with zero attached hydrogens (tertiary/aromatic N) is 2. The number of rotatable bonds is 7. The molecule has 1 aliphatic rings. The van der Waals surface area contributed by atoms with E-state index in [2.05, 4.69) is 10.3 Å². The molecule has 1 atom stereocenters. The first-order valence-corrected chi connectivity index (χ1v) is 12.3. The highest BCUT2D eigenvalue weighted by Gasteiger charge is 2.36. The van der Waals surface area contributed by atoms with Crippen LogP contribution in [-0.4, -0.2) is 33.7 Å². The van der Waals surface area contributed by atoms with Crippen molar-refractivity contribution in [3.63, 3.8) is 0 Å². The smallest absolute Gasteiger partial charge is 0.238 e. The van der Waals surface area contributed by atoms with E-state index in [-0.39, 0.29) is 30.6 Å². The summed E-state index contributed by atoms with van der Waals surface area (Å²) >= 11 is 7.20. The summed E-state index contributed by atoms with van der Waals surface area (Å²) in [7, 11) is 0.